The van der Waals surface area contributed by atoms with E-state index >= 15 is 0 Å². The van der Waals surface area contributed by atoms with E-state index in [-0.39, 0.29) is 10.8 Å². The number of benzene rings is 3. The number of fused-ring (bicyclic) bond motifs is 1. The van der Waals surface area contributed by atoms with Gasteiger partial charge in [-0.1, -0.05) is 41.2 Å². The van der Waals surface area contributed by atoms with Gasteiger partial charge in [-0.3, -0.25) is 14.8 Å². The number of aromatic nitrogens is 1. The van der Waals surface area contributed by atoms with Crippen LogP contribution >= 0.6 is 11.3 Å². The van der Waals surface area contributed by atoms with Crippen LogP contribution in [-0.2, 0) is 10.0 Å². The van der Waals surface area contributed by atoms with E-state index in [1.165, 1.54) is 17.4 Å². The molecule has 0 unspecified atom stereocenters. The number of nitrogens with one attached hydrogen (secondary N) is 2. The molecule has 0 saturated heterocycles. The van der Waals surface area contributed by atoms with Crippen LogP contribution in [-0.4, -0.2) is 19.3 Å². The highest BCUT2D eigenvalue weighted by Gasteiger charge is 2.16. The summed E-state index contributed by atoms with van der Waals surface area (Å²) >= 11 is 1.40. The summed E-state index contributed by atoms with van der Waals surface area (Å²) in [6.45, 7) is 5.92. The van der Waals surface area contributed by atoms with E-state index in [0.717, 1.165) is 26.9 Å². The molecule has 0 bridgehead atoms. The minimum atomic E-state index is -3.75. The summed E-state index contributed by atoms with van der Waals surface area (Å²) < 4.78 is 28.8. The number of hydrogen-bond donors (Lipinski definition) is 2. The van der Waals surface area contributed by atoms with Crippen molar-refractivity contribution in [2.75, 3.05) is 10.0 Å². The third kappa shape index (κ3) is 4.45. The van der Waals surface area contributed by atoms with Crippen molar-refractivity contribution in [3.63, 3.8) is 0 Å². The lowest BCUT2D eigenvalue weighted by Gasteiger charge is -2.10. The van der Waals surface area contributed by atoms with E-state index in [2.05, 4.69) is 15.0 Å². The molecule has 1 aromatic heterocycles. The fourth-order valence-electron chi connectivity index (χ4n) is 3.10. The lowest BCUT2D eigenvalue weighted by atomic mass is 10.1. The van der Waals surface area contributed by atoms with Crippen LogP contribution in [0.25, 0.3) is 10.2 Å². The summed E-state index contributed by atoms with van der Waals surface area (Å²) in [6.07, 6.45) is 0. The van der Waals surface area contributed by atoms with Gasteiger partial charge in [0.1, 0.15) is 0 Å². The zero-order valence-corrected chi connectivity index (χ0v) is 18.9. The zero-order valence-electron chi connectivity index (χ0n) is 17.3. The molecule has 0 atom stereocenters. The quantitative estimate of drug-likeness (QED) is 0.432. The van der Waals surface area contributed by atoms with Gasteiger partial charge in [-0.15, -0.1) is 0 Å². The smallest absolute Gasteiger partial charge is 0.261 e. The number of hydrogen-bond acceptors (Lipinski definition) is 5. The third-order valence-electron chi connectivity index (χ3n) is 5.01. The van der Waals surface area contributed by atoms with Crippen molar-refractivity contribution in [2.24, 2.45) is 0 Å². The summed E-state index contributed by atoms with van der Waals surface area (Å²) in [4.78, 5) is 17.4. The molecule has 4 rings (SSSR count). The Hall–Kier alpha value is -3.23. The maximum atomic E-state index is 12.7. The second-order valence-electron chi connectivity index (χ2n) is 7.33. The SMILES string of the molecule is Cc1ccc(S(=O)(=O)Nc2cccc(C(=O)Nc3nc4c(C)c(C)ccc4s3)c2)cc1. The van der Waals surface area contributed by atoms with E-state index in [4.69, 9.17) is 0 Å². The number of carbonyl (C=O) groups excluding carboxylic acids is 1. The number of nitrogens with zero attached hydrogens (tertiary/aromatic N) is 1. The Labute approximate surface area is 185 Å². The molecular formula is C23H21N3O3S2. The zero-order chi connectivity index (χ0) is 22.2. The van der Waals surface area contributed by atoms with Gasteiger partial charge in [-0.25, -0.2) is 13.4 Å². The van der Waals surface area contributed by atoms with Crippen molar-refractivity contribution in [2.45, 2.75) is 25.7 Å². The predicted molar refractivity (Wildman–Crippen MR) is 125 cm³/mol. The van der Waals surface area contributed by atoms with Crippen LogP contribution in [0.5, 0.6) is 0 Å². The summed E-state index contributed by atoms with van der Waals surface area (Å²) in [5.74, 6) is -0.357. The highest BCUT2D eigenvalue weighted by molar-refractivity contribution is 7.92. The predicted octanol–water partition coefficient (Wildman–Crippen LogP) is 5.27. The molecule has 1 amide bonds. The minimum Gasteiger partial charge on any atom is -0.298 e. The lowest BCUT2D eigenvalue weighted by molar-refractivity contribution is 0.102. The highest BCUT2D eigenvalue weighted by atomic mass is 32.2. The molecule has 8 heteroatoms. The maximum absolute atomic E-state index is 12.7. The molecule has 0 fully saturated rings. The van der Waals surface area contributed by atoms with Crippen LogP contribution in [0.2, 0.25) is 0 Å². The van der Waals surface area contributed by atoms with Crippen molar-refractivity contribution in [3.8, 4) is 0 Å². The summed E-state index contributed by atoms with van der Waals surface area (Å²) in [5, 5.41) is 3.31. The Morgan fingerprint density at radius 3 is 2.45 bits per heavy atom. The molecule has 6 nitrogen and oxygen atoms in total. The van der Waals surface area contributed by atoms with Gasteiger partial charge in [-0.05, 0) is 68.3 Å². The molecule has 1 heterocycles. The van der Waals surface area contributed by atoms with Gasteiger partial charge in [-0.2, -0.15) is 0 Å². The van der Waals surface area contributed by atoms with Gasteiger partial charge < -0.3 is 0 Å². The van der Waals surface area contributed by atoms with Gasteiger partial charge in [0, 0.05) is 11.3 Å². The van der Waals surface area contributed by atoms with Crippen LogP contribution in [0, 0.1) is 20.8 Å². The van der Waals surface area contributed by atoms with Crippen LogP contribution in [0.15, 0.2) is 65.6 Å². The molecule has 0 spiro atoms. The van der Waals surface area contributed by atoms with Crippen molar-refractivity contribution >= 4 is 48.3 Å². The van der Waals surface area contributed by atoms with Gasteiger partial charge in [0.15, 0.2) is 5.13 Å². The second kappa shape index (κ2) is 8.13. The molecule has 0 saturated carbocycles. The first kappa shape index (κ1) is 21.0. The van der Waals surface area contributed by atoms with Gasteiger partial charge >= 0.3 is 0 Å². The maximum Gasteiger partial charge on any atom is 0.261 e. The average molecular weight is 452 g/mol. The Morgan fingerprint density at radius 2 is 1.71 bits per heavy atom. The fourth-order valence-corrected chi connectivity index (χ4v) is 5.07. The van der Waals surface area contributed by atoms with E-state index < -0.39 is 10.0 Å². The molecule has 0 aliphatic rings. The molecule has 31 heavy (non-hydrogen) atoms. The molecule has 0 aliphatic heterocycles. The Morgan fingerprint density at radius 1 is 0.968 bits per heavy atom. The molecule has 0 radical (unpaired) electrons. The molecule has 2 N–H and O–H groups in total. The molecule has 158 valence electrons. The van der Waals surface area contributed by atoms with Crippen LogP contribution < -0.4 is 10.0 Å². The molecular weight excluding hydrogens is 430 g/mol. The van der Waals surface area contributed by atoms with Crippen molar-refractivity contribution in [1.82, 2.24) is 4.98 Å². The Balaban J connectivity index is 1.54. The van der Waals surface area contributed by atoms with Gasteiger partial charge in [0.2, 0.25) is 0 Å². The number of thiazole rings is 1. The number of carbonyl (C=O) groups is 1. The third-order valence-corrected chi connectivity index (χ3v) is 7.35. The van der Waals surface area contributed by atoms with Crippen LogP contribution in [0.1, 0.15) is 27.0 Å². The summed E-state index contributed by atoms with van der Waals surface area (Å²) in [5.41, 5.74) is 4.71. The van der Waals surface area contributed by atoms with Crippen molar-refractivity contribution in [1.29, 1.82) is 0 Å². The molecule has 0 aliphatic carbocycles. The first-order chi connectivity index (χ1) is 14.7. The van der Waals surface area contributed by atoms with Crippen molar-refractivity contribution in [3.05, 3.63) is 82.9 Å². The van der Waals surface area contributed by atoms with Crippen molar-refractivity contribution < 1.29 is 13.2 Å². The molecule has 4 aromatic rings. The molecule has 3 aromatic carbocycles. The average Bonchev–Trinajstić information content (AvgIpc) is 3.14. The number of anilines is 2. The Bertz CT molecular complexity index is 1390. The largest absolute Gasteiger partial charge is 0.298 e. The normalized spacial score (nSPS) is 11.5. The topological polar surface area (TPSA) is 88.2 Å². The first-order valence-corrected chi connectivity index (χ1v) is 11.9. The van der Waals surface area contributed by atoms with Crippen LogP contribution in [0.4, 0.5) is 10.8 Å². The number of aryl methyl sites for hydroxylation is 3. The van der Waals surface area contributed by atoms with E-state index in [1.54, 1.807) is 42.5 Å². The van der Waals surface area contributed by atoms with E-state index in [1.807, 2.05) is 32.9 Å². The van der Waals surface area contributed by atoms with E-state index in [9.17, 15) is 13.2 Å². The summed E-state index contributed by atoms with van der Waals surface area (Å²) in [6, 6.07) is 17.0. The van der Waals surface area contributed by atoms with Crippen LogP contribution in [0.3, 0.4) is 0 Å². The van der Waals surface area contributed by atoms with Gasteiger partial charge in [0.05, 0.1) is 15.1 Å². The minimum absolute atomic E-state index is 0.160. The first-order valence-electron chi connectivity index (χ1n) is 9.60. The lowest BCUT2D eigenvalue weighted by Crippen LogP contribution is -2.15. The monoisotopic (exact) mass is 451 g/mol. The number of amides is 1. The second-order valence-corrected chi connectivity index (χ2v) is 10.0. The highest BCUT2D eigenvalue weighted by Crippen LogP contribution is 2.30. The summed E-state index contributed by atoms with van der Waals surface area (Å²) in [7, 11) is -3.75. The van der Waals surface area contributed by atoms with E-state index in [0.29, 0.717) is 16.4 Å². The fraction of sp³-hybridized carbons (Fsp3) is 0.130. The number of rotatable bonds is 5. The Kier molecular flexibility index (Phi) is 5.51. The number of sulfonamides is 1. The van der Waals surface area contributed by atoms with Gasteiger partial charge in [0.25, 0.3) is 15.9 Å². The standard InChI is InChI=1S/C23H21N3O3S2/c1-14-7-10-19(11-8-14)31(28,29)26-18-6-4-5-17(13-18)22(27)25-23-24-21-16(3)15(2)9-12-20(21)30-23/h4-13,26H,1-3H3,(H,24,25,27).